The van der Waals surface area contributed by atoms with Crippen LogP contribution in [0.1, 0.15) is 5.56 Å². The van der Waals surface area contributed by atoms with Gasteiger partial charge in [0.1, 0.15) is 0 Å². The van der Waals surface area contributed by atoms with Crippen molar-refractivity contribution in [2.75, 3.05) is 24.6 Å². The molecule has 0 N–H and O–H groups in total. The molecule has 0 spiro atoms. The third-order valence-corrected chi connectivity index (χ3v) is 2.65. The average Bonchev–Trinajstić information content (AvgIpc) is 2.39. The molecule has 2 rings (SSSR count). The van der Waals surface area contributed by atoms with Crippen molar-refractivity contribution in [3.63, 3.8) is 0 Å². The van der Waals surface area contributed by atoms with Crippen LogP contribution in [0.3, 0.4) is 0 Å². The summed E-state index contributed by atoms with van der Waals surface area (Å²) in [5.41, 5.74) is 0.885. The molecule has 1 aromatic rings. The third-order valence-electron chi connectivity index (χ3n) is 2.34. The summed E-state index contributed by atoms with van der Waals surface area (Å²) in [6, 6.07) is 2.09. The zero-order chi connectivity index (χ0) is 11.4. The number of aromatic nitrogens is 2. The molecule has 0 aromatic carbocycles. The van der Waals surface area contributed by atoms with E-state index in [1.807, 2.05) is 4.90 Å². The Morgan fingerprint density at radius 3 is 2.94 bits per heavy atom. The van der Waals surface area contributed by atoms with Crippen LogP contribution < -0.4 is 4.90 Å². The van der Waals surface area contributed by atoms with Crippen LogP contribution in [0.4, 0.5) is 5.95 Å². The van der Waals surface area contributed by atoms with Gasteiger partial charge in [0.25, 0.3) is 0 Å². The summed E-state index contributed by atoms with van der Waals surface area (Å²) in [4.78, 5) is 10.4. The fraction of sp³-hybridized carbons (Fsp3) is 0.500. The first-order valence-corrected chi connectivity index (χ1v) is 5.50. The molecule has 1 saturated heterocycles. The molecule has 6 heteroatoms. The lowest BCUT2D eigenvalue weighted by Gasteiger charge is -2.29. The molecule has 1 fully saturated rings. The second-order valence-corrected chi connectivity index (χ2v) is 3.73. The first-order chi connectivity index (χ1) is 7.83. The van der Waals surface area contributed by atoms with E-state index in [-0.39, 0.29) is 0 Å². The van der Waals surface area contributed by atoms with Crippen LogP contribution in [0.25, 0.3) is 0 Å². The molecule has 2 heterocycles. The molecule has 16 heavy (non-hydrogen) atoms. The maximum absolute atomic E-state index is 8.78. The minimum atomic E-state index is -0.398. The largest absolute Gasteiger partial charge is 0.360 e. The molecule has 1 atom stereocenters. The Hall–Kier alpha value is -1.38. The molecule has 0 saturated carbocycles. The molecule has 0 aliphatic carbocycles. The summed E-state index contributed by atoms with van der Waals surface area (Å²) >= 11 is 5.65. The lowest BCUT2D eigenvalue weighted by Crippen LogP contribution is -2.42. The average molecular weight is 239 g/mol. The molecule has 0 bridgehead atoms. The van der Waals surface area contributed by atoms with Crippen LogP contribution in [0.15, 0.2) is 12.4 Å². The molecule has 1 unspecified atom stereocenters. The van der Waals surface area contributed by atoms with Crippen molar-refractivity contribution >= 4 is 17.5 Å². The number of rotatable bonds is 2. The van der Waals surface area contributed by atoms with Gasteiger partial charge in [-0.05, 0) is 0 Å². The van der Waals surface area contributed by atoms with Crippen molar-refractivity contribution in [3.8, 4) is 6.07 Å². The first kappa shape index (κ1) is 11.1. The van der Waals surface area contributed by atoms with Gasteiger partial charge in [-0.2, -0.15) is 5.26 Å². The van der Waals surface area contributed by atoms with Crippen LogP contribution in [0.2, 0.25) is 0 Å². The van der Waals surface area contributed by atoms with Crippen molar-refractivity contribution < 1.29 is 4.74 Å². The number of alkyl halides is 1. The Labute approximate surface area is 98.6 Å². The van der Waals surface area contributed by atoms with Crippen LogP contribution in [-0.2, 0) is 10.6 Å². The summed E-state index contributed by atoms with van der Waals surface area (Å²) in [7, 11) is 0. The quantitative estimate of drug-likeness (QED) is 0.718. The number of nitrogens with zero attached hydrogens (tertiary/aromatic N) is 4. The zero-order valence-corrected chi connectivity index (χ0v) is 9.39. The predicted octanol–water partition coefficient (Wildman–Crippen LogP) is 0.944. The Kier molecular flexibility index (Phi) is 3.54. The number of morpholine rings is 1. The highest BCUT2D eigenvalue weighted by Crippen LogP contribution is 2.12. The van der Waals surface area contributed by atoms with E-state index in [4.69, 9.17) is 21.6 Å². The van der Waals surface area contributed by atoms with Gasteiger partial charge >= 0.3 is 0 Å². The van der Waals surface area contributed by atoms with E-state index >= 15 is 0 Å². The van der Waals surface area contributed by atoms with Crippen LogP contribution in [0, 0.1) is 11.3 Å². The third kappa shape index (κ3) is 2.40. The lowest BCUT2D eigenvalue weighted by molar-refractivity contribution is 0.0758. The highest BCUT2D eigenvalue weighted by molar-refractivity contribution is 6.17. The van der Waals surface area contributed by atoms with E-state index < -0.39 is 6.10 Å². The summed E-state index contributed by atoms with van der Waals surface area (Å²) in [5, 5.41) is 8.78. The van der Waals surface area contributed by atoms with E-state index in [9.17, 15) is 0 Å². The SMILES string of the molecule is N#CC1CN(c2ncc(CCl)cn2)CCO1. The molecule has 1 aromatic heterocycles. The number of anilines is 1. The van der Waals surface area contributed by atoms with E-state index in [2.05, 4.69) is 16.0 Å². The van der Waals surface area contributed by atoms with Crippen molar-refractivity contribution in [2.45, 2.75) is 12.0 Å². The van der Waals surface area contributed by atoms with Gasteiger partial charge in [-0.3, -0.25) is 0 Å². The van der Waals surface area contributed by atoms with Gasteiger partial charge in [-0.1, -0.05) is 0 Å². The van der Waals surface area contributed by atoms with Gasteiger partial charge in [-0.15, -0.1) is 11.6 Å². The second-order valence-electron chi connectivity index (χ2n) is 3.46. The highest BCUT2D eigenvalue weighted by atomic mass is 35.5. The van der Waals surface area contributed by atoms with Gasteiger partial charge in [0.2, 0.25) is 5.95 Å². The monoisotopic (exact) mass is 238 g/mol. The van der Waals surface area contributed by atoms with Crippen molar-refractivity contribution in [3.05, 3.63) is 18.0 Å². The summed E-state index contributed by atoms with van der Waals surface area (Å²) in [6.45, 7) is 1.74. The number of nitriles is 1. The fourth-order valence-corrected chi connectivity index (χ4v) is 1.63. The maximum atomic E-state index is 8.78. The topological polar surface area (TPSA) is 62.0 Å². The van der Waals surface area contributed by atoms with Gasteiger partial charge in [0, 0.05) is 24.5 Å². The van der Waals surface area contributed by atoms with Crippen molar-refractivity contribution in [2.24, 2.45) is 0 Å². The van der Waals surface area contributed by atoms with Crippen molar-refractivity contribution in [1.82, 2.24) is 9.97 Å². The fourth-order valence-electron chi connectivity index (χ4n) is 1.49. The number of hydrogen-bond acceptors (Lipinski definition) is 5. The zero-order valence-electron chi connectivity index (χ0n) is 8.64. The minimum Gasteiger partial charge on any atom is -0.360 e. The Morgan fingerprint density at radius 1 is 1.56 bits per heavy atom. The van der Waals surface area contributed by atoms with E-state index in [1.54, 1.807) is 12.4 Å². The standard InChI is InChI=1S/C10H11ClN4O/c11-3-8-5-13-10(14-6-8)15-1-2-16-9(4-12)7-15/h5-6,9H,1-3,7H2. The smallest absolute Gasteiger partial charge is 0.225 e. The summed E-state index contributed by atoms with van der Waals surface area (Å²) < 4.78 is 5.24. The molecule has 0 amide bonds. The van der Waals surface area contributed by atoms with Crippen LogP contribution >= 0.6 is 11.6 Å². The Morgan fingerprint density at radius 2 is 2.31 bits per heavy atom. The number of ether oxygens (including phenoxy) is 1. The lowest BCUT2D eigenvalue weighted by atomic mass is 10.3. The molecule has 84 valence electrons. The second kappa shape index (κ2) is 5.10. The van der Waals surface area contributed by atoms with E-state index in [0.717, 1.165) is 5.56 Å². The maximum Gasteiger partial charge on any atom is 0.225 e. The molecular weight excluding hydrogens is 228 g/mol. The van der Waals surface area contributed by atoms with Crippen molar-refractivity contribution in [1.29, 1.82) is 5.26 Å². The molecule has 1 aliphatic heterocycles. The Balaban J connectivity index is 2.08. The number of halogens is 1. The normalized spacial score (nSPS) is 20.5. The first-order valence-electron chi connectivity index (χ1n) is 4.96. The van der Waals surface area contributed by atoms with Gasteiger partial charge in [-0.25, -0.2) is 9.97 Å². The van der Waals surface area contributed by atoms with Crippen LogP contribution in [-0.4, -0.2) is 35.8 Å². The Bertz CT molecular complexity index is 389. The molecule has 0 radical (unpaired) electrons. The van der Waals surface area contributed by atoms with Gasteiger partial charge < -0.3 is 9.64 Å². The van der Waals surface area contributed by atoms with Gasteiger partial charge in [0.05, 0.1) is 25.1 Å². The van der Waals surface area contributed by atoms with E-state index in [0.29, 0.717) is 31.5 Å². The van der Waals surface area contributed by atoms with Gasteiger partial charge in [0.15, 0.2) is 6.10 Å². The summed E-state index contributed by atoms with van der Waals surface area (Å²) in [5.74, 6) is 1.03. The number of hydrogen-bond donors (Lipinski definition) is 0. The molecule has 5 nitrogen and oxygen atoms in total. The molecule has 1 aliphatic rings. The summed E-state index contributed by atoms with van der Waals surface area (Å²) in [6.07, 6.45) is 3.00. The van der Waals surface area contributed by atoms with Crippen LogP contribution in [0.5, 0.6) is 0 Å². The minimum absolute atomic E-state index is 0.398. The highest BCUT2D eigenvalue weighted by Gasteiger charge is 2.21. The molecular formula is C10H11ClN4O. The van der Waals surface area contributed by atoms with E-state index in [1.165, 1.54) is 0 Å². The predicted molar refractivity (Wildman–Crippen MR) is 59.2 cm³/mol.